The first-order valence-corrected chi connectivity index (χ1v) is 11.6. The lowest BCUT2D eigenvalue weighted by Crippen LogP contribution is -2.14. The summed E-state index contributed by atoms with van der Waals surface area (Å²) < 4.78 is 1.47. The molecule has 0 spiro atoms. The van der Waals surface area contributed by atoms with E-state index >= 15 is 0 Å². The lowest BCUT2D eigenvalue weighted by Gasteiger charge is -2.05. The summed E-state index contributed by atoms with van der Waals surface area (Å²) in [6.07, 6.45) is 7.64. The molecule has 13 heteroatoms. The van der Waals surface area contributed by atoms with E-state index in [1.165, 1.54) is 23.3 Å². The average Bonchev–Trinajstić information content (AvgIpc) is 3.43. The summed E-state index contributed by atoms with van der Waals surface area (Å²) in [5, 5.41) is 31.9. The Kier molecular flexibility index (Phi) is 8.36. The van der Waals surface area contributed by atoms with Gasteiger partial charge in [-0.05, 0) is 71.3 Å². The normalized spacial score (nSPS) is 11.2. The molecule has 0 saturated heterocycles. The summed E-state index contributed by atoms with van der Waals surface area (Å²) in [5.41, 5.74) is 3.07. The zero-order valence-electron chi connectivity index (χ0n) is 19.7. The molecule has 192 valence electrons. The molecule has 0 aliphatic rings. The van der Waals surface area contributed by atoms with E-state index < -0.39 is 6.09 Å². The number of aromatic nitrogens is 6. The molecular weight excluding hydrogens is 512 g/mol. The molecule has 4 aromatic rings. The topological polar surface area (TPSA) is 168 Å². The molecule has 0 unspecified atom stereocenters. The molecule has 2 amide bonds. The third-order valence-electron chi connectivity index (χ3n) is 5.21. The van der Waals surface area contributed by atoms with Gasteiger partial charge in [-0.15, -0.1) is 5.10 Å². The van der Waals surface area contributed by atoms with Gasteiger partial charge in [0.15, 0.2) is 0 Å². The van der Waals surface area contributed by atoms with Gasteiger partial charge in [0.25, 0.3) is 5.56 Å². The molecule has 2 heterocycles. The van der Waals surface area contributed by atoms with Crippen molar-refractivity contribution in [1.29, 1.82) is 0 Å². The number of carbonyl (C=O) groups excluding carboxylic acids is 1. The standard InChI is InChI=1S/C25H21ClN8O4/c26-18-7-10-22(34-15-28-32-33-34)17(13-18)6-11-23(35)27-12-2-1-3-20-14-21(24(36)31-30-20)16-4-8-19(9-5-16)29-25(37)38/h2,4-15,29H,1,3H2,(H,27,35)(H,31,36)(H,37,38). The molecule has 0 fully saturated rings. The van der Waals surface area contributed by atoms with Crippen LogP contribution < -0.4 is 16.2 Å². The van der Waals surface area contributed by atoms with Crippen molar-refractivity contribution in [3.63, 3.8) is 0 Å². The number of halogens is 1. The van der Waals surface area contributed by atoms with Crippen LogP contribution in [0, 0.1) is 0 Å². The second kappa shape index (κ2) is 12.2. The number of aryl methyl sites for hydroxylation is 1. The second-order valence-electron chi connectivity index (χ2n) is 7.85. The van der Waals surface area contributed by atoms with E-state index in [0.717, 1.165) is 0 Å². The number of anilines is 1. The minimum atomic E-state index is -1.17. The fraction of sp³-hybridized carbons (Fsp3) is 0.0800. The van der Waals surface area contributed by atoms with Crippen molar-refractivity contribution >= 4 is 35.4 Å². The van der Waals surface area contributed by atoms with E-state index in [1.807, 2.05) is 0 Å². The van der Waals surface area contributed by atoms with E-state index in [4.69, 9.17) is 16.7 Å². The number of nitrogens with zero attached hydrogens (tertiary/aromatic N) is 5. The van der Waals surface area contributed by atoms with E-state index in [-0.39, 0.29) is 11.5 Å². The Morgan fingerprint density at radius 3 is 2.68 bits per heavy atom. The SMILES string of the molecule is O=C(O)Nc1ccc(-c2cc(CCC=CNC(=O)C=Cc3cc(Cl)ccc3-n3cnnn3)n[nH]c2=O)cc1. The smallest absolute Gasteiger partial charge is 0.409 e. The van der Waals surface area contributed by atoms with E-state index in [0.29, 0.717) is 51.6 Å². The van der Waals surface area contributed by atoms with Crippen molar-refractivity contribution < 1.29 is 14.7 Å². The molecule has 0 aliphatic carbocycles. The zero-order valence-corrected chi connectivity index (χ0v) is 20.5. The van der Waals surface area contributed by atoms with Gasteiger partial charge in [-0.25, -0.2) is 9.89 Å². The van der Waals surface area contributed by atoms with Crippen molar-refractivity contribution in [2.45, 2.75) is 12.8 Å². The number of allylic oxidation sites excluding steroid dienone is 1. The lowest BCUT2D eigenvalue weighted by molar-refractivity contribution is -0.115. The molecule has 2 aromatic carbocycles. The van der Waals surface area contributed by atoms with Crippen LogP contribution in [0.1, 0.15) is 17.7 Å². The molecule has 0 aliphatic heterocycles. The predicted molar refractivity (Wildman–Crippen MR) is 141 cm³/mol. The molecule has 4 N–H and O–H groups in total. The van der Waals surface area contributed by atoms with Gasteiger partial charge in [-0.2, -0.15) is 9.78 Å². The van der Waals surface area contributed by atoms with Gasteiger partial charge < -0.3 is 10.4 Å². The first-order chi connectivity index (χ1) is 18.4. The highest BCUT2D eigenvalue weighted by molar-refractivity contribution is 6.30. The Morgan fingerprint density at radius 2 is 1.95 bits per heavy atom. The maximum atomic E-state index is 12.2. The maximum Gasteiger partial charge on any atom is 0.409 e. The van der Waals surface area contributed by atoms with Crippen LogP contribution in [0.25, 0.3) is 22.9 Å². The molecule has 0 bridgehead atoms. The van der Waals surface area contributed by atoms with Crippen LogP contribution in [-0.4, -0.2) is 47.5 Å². The monoisotopic (exact) mass is 532 g/mol. The number of nitrogens with one attached hydrogen (secondary N) is 3. The number of hydrogen-bond acceptors (Lipinski definition) is 7. The van der Waals surface area contributed by atoms with Crippen LogP contribution >= 0.6 is 11.6 Å². The fourth-order valence-corrected chi connectivity index (χ4v) is 3.64. The van der Waals surface area contributed by atoms with Crippen LogP contribution in [0.15, 0.2) is 78.0 Å². The van der Waals surface area contributed by atoms with Gasteiger partial charge in [0.05, 0.1) is 16.9 Å². The number of rotatable bonds is 9. The van der Waals surface area contributed by atoms with Gasteiger partial charge >= 0.3 is 6.09 Å². The Labute approximate surface area is 220 Å². The Hall–Kier alpha value is -5.10. The van der Waals surface area contributed by atoms with Gasteiger partial charge in [0.2, 0.25) is 5.91 Å². The van der Waals surface area contributed by atoms with Crippen LogP contribution in [0.2, 0.25) is 5.02 Å². The number of amides is 2. The highest BCUT2D eigenvalue weighted by atomic mass is 35.5. The molecular formula is C25H21ClN8O4. The molecule has 12 nitrogen and oxygen atoms in total. The molecule has 4 rings (SSSR count). The number of H-pyrrole nitrogens is 1. The van der Waals surface area contributed by atoms with Crippen molar-refractivity contribution in [3.8, 4) is 16.8 Å². The van der Waals surface area contributed by atoms with E-state index in [2.05, 4.69) is 36.4 Å². The summed E-state index contributed by atoms with van der Waals surface area (Å²) in [7, 11) is 0. The van der Waals surface area contributed by atoms with Crippen molar-refractivity contribution in [3.05, 3.63) is 99.8 Å². The van der Waals surface area contributed by atoms with Crippen LogP contribution in [0.5, 0.6) is 0 Å². The number of tetrazole rings is 1. The highest BCUT2D eigenvalue weighted by Gasteiger charge is 2.08. The van der Waals surface area contributed by atoms with Gasteiger partial charge in [-0.1, -0.05) is 29.8 Å². The Balaban J connectivity index is 1.32. The fourth-order valence-electron chi connectivity index (χ4n) is 3.45. The number of aromatic amines is 1. The molecule has 38 heavy (non-hydrogen) atoms. The summed E-state index contributed by atoms with van der Waals surface area (Å²) in [6, 6.07) is 13.3. The van der Waals surface area contributed by atoms with Crippen LogP contribution in [0.4, 0.5) is 10.5 Å². The third-order valence-corrected chi connectivity index (χ3v) is 5.45. The molecule has 0 radical (unpaired) electrons. The molecule has 0 atom stereocenters. The van der Waals surface area contributed by atoms with Crippen LogP contribution in [0.3, 0.4) is 0 Å². The number of hydrogen-bond donors (Lipinski definition) is 4. The van der Waals surface area contributed by atoms with Gasteiger partial charge in [0, 0.05) is 28.5 Å². The van der Waals surface area contributed by atoms with Crippen molar-refractivity contribution in [2.24, 2.45) is 0 Å². The van der Waals surface area contributed by atoms with Crippen LogP contribution in [-0.2, 0) is 11.2 Å². The Morgan fingerprint density at radius 1 is 1.13 bits per heavy atom. The second-order valence-corrected chi connectivity index (χ2v) is 8.29. The molecule has 0 saturated carbocycles. The van der Waals surface area contributed by atoms with Crippen molar-refractivity contribution in [2.75, 3.05) is 5.32 Å². The Bertz CT molecular complexity index is 1550. The van der Waals surface area contributed by atoms with Gasteiger partial charge in [-0.3, -0.25) is 14.9 Å². The summed E-state index contributed by atoms with van der Waals surface area (Å²) in [6.45, 7) is 0. The quantitative estimate of drug-likeness (QED) is 0.238. The van der Waals surface area contributed by atoms with E-state index in [9.17, 15) is 14.4 Å². The highest BCUT2D eigenvalue weighted by Crippen LogP contribution is 2.21. The summed E-state index contributed by atoms with van der Waals surface area (Å²) in [4.78, 5) is 35.2. The minimum absolute atomic E-state index is 0.339. The summed E-state index contributed by atoms with van der Waals surface area (Å²) in [5.74, 6) is -0.339. The largest absolute Gasteiger partial charge is 0.465 e. The minimum Gasteiger partial charge on any atom is -0.465 e. The number of benzene rings is 2. The number of carboxylic acid groups (broad SMARTS) is 1. The predicted octanol–water partition coefficient (Wildman–Crippen LogP) is 3.43. The zero-order chi connectivity index (χ0) is 26.9. The average molecular weight is 533 g/mol. The molecule has 2 aromatic heterocycles. The van der Waals surface area contributed by atoms with E-state index in [1.54, 1.807) is 60.7 Å². The maximum absolute atomic E-state index is 12.2. The summed E-state index contributed by atoms with van der Waals surface area (Å²) >= 11 is 6.09. The number of carbonyl (C=O) groups is 2. The first kappa shape index (κ1) is 26.0. The lowest BCUT2D eigenvalue weighted by atomic mass is 10.1. The first-order valence-electron chi connectivity index (χ1n) is 11.2. The third kappa shape index (κ3) is 6.98. The van der Waals surface area contributed by atoms with Crippen molar-refractivity contribution in [1.82, 2.24) is 35.7 Å². The van der Waals surface area contributed by atoms with Gasteiger partial charge in [0.1, 0.15) is 6.33 Å².